The minimum Gasteiger partial charge on any atom is -0.497 e. The van der Waals surface area contributed by atoms with Gasteiger partial charge in [0.1, 0.15) is 11.3 Å². The summed E-state index contributed by atoms with van der Waals surface area (Å²) in [6.07, 6.45) is 0.892. The number of hydrogen-bond donors (Lipinski definition) is 3. The van der Waals surface area contributed by atoms with E-state index in [4.69, 9.17) is 21.7 Å². The van der Waals surface area contributed by atoms with Crippen LogP contribution in [0.4, 0.5) is 4.79 Å². The Labute approximate surface area is 175 Å². The molecule has 0 saturated carbocycles. The number of methoxy groups -OCH3 is 1. The Morgan fingerprint density at radius 3 is 2.83 bits per heavy atom. The molecule has 2 fully saturated rings. The number of urea groups is 1. The Balaban J connectivity index is 1.52. The first-order valence-corrected chi connectivity index (χ1v) is 10.0. The highest BCUT2D eigenvalue weighted by atomic mass is 32.1. The summed E-state index contributed by atoms with van der Waals surface area (Å²) in [5.74, 6) is 0.169. The molecule has 2 aliphatic heterocycles. The van der Waals surface area contributed by atoms with E-state index in [-0.39, 0.29) is 5.11 Å². The van der Waals surface area contributed by atoms with Crippen molar-refractivity contribution in [1.82, 2.24) is 26.0 Å². The third-order valence-electron chi connectivity index (χ3n) is 5.09. The van der Waals surface area contributed by atoms with Crippen molar-refractivity contribution in [3.63, 3.8) is 0 Å². The fourth-order valence-electron chi connectivity index (χ4n) is 3.34. The van der Waals surface area contributed by atoms with Crippen molar-refractivity contribution >= 4 is 29.3 Å². The van der Waals surface area contributed by atoms with Crippen molar-refractivity contribution in [2.75, 3.05) is 46.5 Å². The molecule has 9 nitrogen and oxygen atoms in total. The van der Waals surface area contributed by atoms with Gasteiger partial charge < -0.3 is 20.1 Å². The number of morpholine rings is 1. The molecule has 2 aliphatic rings. The molecule has 0 spiro atoms. The Kier molecular flexibility index (Phi) is 6.88. The zero-order valence-corrected chi connectivity index (χ0v) is 17.5. The molecule has 1 unspecified atom stereocenters. The van der Waals surface area contributed by atoms with E-state index in [1.807, 2.05) is 0 Å². The molecule has 29 heavy (non-hydrogen) atoms. The smallest absolute Gasteiger partial charge is 0.344 e. The van der Waals surface area contributed by atoms with Crippen LogP contribution >= 0.6 is 12.2 Å². The van der Waals surface area contributed by atoms with Crippen LogP contribution in [-0.2, 0) is 15.1 Å². The highest BCUT2D eigenvalue weighted by Crippen LogP contribution is 2.30. The van der Waals surface area contributed by atoms with Gasteiger partial charge in [0.2, 0.25) is 0 Å². The molecule has 1 aromatic rings. The number of imide groups is 1. The van der Waals surface area contributed by atoms with E-state index in [1.54, 1.807) is 38.3 Å². The zero-order valence-electron chi connectivity index (χ0n) is 16.7. The topological polar surface area (TPSA) is 95.2 Å². The molecule has 158 valence electrons. The van der Waals surface area contributed by atoms with E-state index in [0.29, 0.717) is 17.9 Å². The molecule has 10 heteroatoms. The monoisotopic (exact) mass is 421 g/mol. The average Bonchev–Trinajstić information content (AvgIpc) is 2.96. The average molecular weight is 422 g/mol. The Morgan fingerprint density at radius 1 is 1.34 bits per heavy atom. The summed E-state index contributed by atoms with van der Waals surface area (Å²) in [4.78, 5) is 27.7. The molecule has 3 amide bonds. The number of carbonyl (C=O) groups is 2. The molecular weight excluding hydrogens is 394 g/mol. The van der Waals surface area contributed by atoms with Gasteiger partial charge in [-0.15, -0.1) is 0 Å². The summed E-state index contributed by atoms with van der Waals surface area (Å²) >= 11 is 5.25. The molecular formula is C19H27N5O4S. The number of hydrogen-bond acceptors (Lipinski definition) is 6. The normalized spacial score (nSPS) is 22.3. The van der Waals surface area contributed by atoms with Crippen LogP contribution < -0.4 is 20.8 Å². The summed E-state index contributed by atoms with van der Waals surface area (Å²) in [7, 11) is 1.55. The summed E-state index contributed by atoms with van der Waals surface area (Å²) in [6.45, 7) is 6.65. The molecule has 2 heterocycles. The number of rotatable bonds is 7. The molecule has 0 aromatic heterocycles. The molecule has 1 atom stereocenters. The van der Waals surface area contributed by atoms with Crippen LogP contribution in [0.5, 0.6) is 5.75 Å². The third-order valence-corrected chi connectivity index (χ3v) is 5.33. The van der Waals surface area contributed by atoms with Crippen molar-refractivity contribution in [3.8, 4) is 5.75 Å². The highest BCUT2D eigenvalue weighted by molar-refractivity contribution is 7.80. The van der Waals surface area contributed by atoms with Gasteiger partial charge in [0.15, 0.2) is 5.11 Å². The standard InChI is InChI=1S/C19H27N5O4S/c1-19(14-5-3-6-15(13-14)27-2)16(25)24(18(26)21-19)22-17(29)20-7-4-8-23-9-11-28-12-10-23/h3,5-6,13H,4,7-12H2,1-2H3,(H,21,26)(H2,20,22,29). The van der Waals surface area contributed by atoms with Gasteiger partial charge in [-0.1, -0.05) is 12.1 Å². The summed E-state index contributed by atoms with van der Waals surface area (Å²) in [5.41, 5.74) is 2.12. The Bertz CT molecular complexity index is 771. The van der Waals surface area contributed by atoms with Gasteiger partial charge in [0, 0.05) is 19.6 Å². The van der Waals surface area contributed by atoms with Crippen LogP contribution in [0.1, 0.15) is 18.9 Å². The van der Waals surface area contributed by atoms with Crippen LogP contribution in [0.2, 0.25) is 0 Å². The molecule has 2 saturated heterocycles. The molecule has 0 bridgehead atoms. The second-order valence-corrected chi connectivity index (χ2v) is 7.51. The van der Waals surface area contributed by atoms with Gasteiger partial charge in [-0.05, 0) is 49.8 Å². The van der Waals surface area contributed by atoms with Crippen LogP contribution in [-0.4, -0.2) is 73.5 Å². The summed E-state index contributed by atoms with van der Waals surface area (Å²) < 4.78 is 10.5. The Hall–Kier alpha value is -2.43. The van der Waals surface area contributed by atoms with E-state index in [1.165, 1.54) is 0 Å². The van der Waals surface area contributed by atoms with Crippen LogP contribution in [0.15, 0.2) is 24.3 Å². The second-order valence-electron chi connectivity index (χ2n) is 7.10. The largest absolute Gasteiger partial charge is 0.497 e. The minimum atomic E-state index is -1.20. The fraction of sp³-hybridized carbons (Fsp3) is 0.526. The predicted octanol–water partition coefficient (Wildman–Crippen LogP) is 0.564. The van der Waals surface area contributed by atoms with Gasteiger partial charge >= 0.3 is 6.03 Å². The van der Waals surface area contributed by atoms with Gasteiger partial charge in [-0.2, -0.15) is 5.01 Å². The predicted molar refractivity (Wildman–Crippen MR) is 111 cm³/mol. The molecule has 1 aromatic carbocycles. The number of benzene rings is 1. The number of nitrogens with one attached hydrogen (secondary N) is 3. The molecule has 0 radical (unpaired) electrons. The first-order chi connectivity index (χ1) is 13.9. The van der Waals surface area contributed by atoms with Crippen molar-refractivity contribution in [2.24, 2.45) is 0 Å². The second kappa shape index (κ2) is 9.38. The van der Waals surface area contributed by atoms with Gasteiger partial charge in [0.05, 0.1) is 20.3 Å². The molecule has 3 N–H and O–H groups in total. The zero-order chi connectivity index (χ0) is 20.9. The summed E-state index contributed by atoms with van der Waals surface area (Å²) in [6, 6.07) is 6.49. The van der Waals surface area contributed by atoms with E-state index >= 15 is 0 Å². The lowest BCUT2D eigenvalue weighted by molar-refractivity contribution is -0.132. The van der Waals surface area contributed by atoms with Crippen molar-refractivity contribution < 1.29 is 19.1 Å². The van der Waals surface area contributed by atoms with Gasteiger partial charge in [-0.25, -0.2) is 4.79 Å². The number of hydrazine groups is 1. The van der Waals surface area contributed by atoms with E-state index < -0.39 is 17.5 Å². The summed E-state index contributed by atoms with van der Waals surface area (Å²) in [5, 5.41) is 6.91. The fourth-order valence-corrected chi connectivity index (χ4v) is 3.53. The van der Waals surface area contributed by atoms with E-state index in [9.17, 15) is 9.59 Å². The molecule has 0 aliphatic carbocycles. The number of carbonyl (C=O) groups excluding carboxylic acids is 2. The lowest BCUT2D eigenvalue weighted by atomic mass is 9.92. The first kappa shape index (κ1) is 21.3. The highest BCUT2D eigenvalue weighted by Gasteiger charge is 2.49. The van der Waals surface area contributed by atoms with Crippen LogP contribution in [0.3, 0.4) is 0 Å². The number of ether oxygens (including phenoxy) is 2. The lowest BCUT2D eigenvalue weighted by Crippen LogP contribution is -2.51. The SMILES string of the molecule is COc1cccc(C2(C)NC(=O)N(NC(=S)NCCCN3CCOCC3)C2=O)c1. The lowest BCUT2D eigenvalue weighted by Gasteiger charge is -2.26. The maximum absolute atomic E-state index is 12.9. The van der Waals surface area contributed by atoms with Gasteiger partial charge in [-0.3, -0.25) is 15.1 Å². The quantitative estimate of drug-likeness (QED) is 0.334. The van der Waals surface area contributed by atoms with Crippen molar-refractivity contribution in [1.29, 1.82) is 0 Å². The number of amides is 3. The van der Waals surface area contributed by atoms with Crippen molar-refractivity contribution in [3.05, 3.63) is 29.8 Å². The van der Waals surface area contributed by atoms with Gasteiger partial charge in [0.25, 0.3) is 5.91 Å². The number of nitrogens with zero attached hydrogens (tertiary/aromatic N) is 2. The van der Waals surface area contributed by atoms with Crippen molar-refractivity contribution in [2.45, 2.75) is 18.9 Å². The minimum absolute atomic E-state index is 0.227. The van der Waals surface area contributed by atoms with Crippen LogP contribution in [0, 0.1) is 0 Å². The number of thiocarbonyl (C=S) groups is 1. The third kappa shape index (κ3) is 4.95. The van der Waals surface area contributed by atoms with Crippen LogP contribution in [0.25, 0.3) is 0 Å². The maximum atomic E-state index is 12.9. The maximum Gasteiger partial charge on any atom is 0.344 e. The van der Waals surface area contributed by atoms with E-state index in [0.717, 1.165) is 44.3 Å². The molecule has 3 rings (SSSR count). The first-order valence-electron chi connectivity index (χ1n) is 9.60. The Morgan fingerprint density at radius 2 is 2.10 bits per heavy atom. The van der Waals surface area contributed by atoms with E-state index in [2.05, 4.69) is 21.0 Å².